The summed E-state index contributed by atoms with van der Waals surface area (Å²) in [6.07, 6.45) is 1.43. The summed E-state index contributed by atoms with van der Waals surface area (Å²) in [4.78, 5) is 11.0. The second kappa shape index (κ2) is 9.15. The van der Waals surface area contributed by atoms with E-state index < -0.39 is 21.7 Å². The van der Waals surface area contributed by atoms with E-state index in [1.165, 1.54) is 6.21 Å². The molecule has 1 atom stereocenters. The number of halogens is 1. The van der Waals surface area contributed by atoms with E-state index in [4.69, 9.17) is 21.4 Å². The van der Waals surface area contributed by atoms with E-state index in [1.54, 1.807) is 36.4 Å². The highest BCUT2D eigenvalue weighted by Crippen LogP contribution is 2.22. The van der Waals surface area contributed by atoms with Crippen LogP contribution in [0.5, 0.6) is 5.75 Å². The van der Waals surface area contributed by atoms with Gasteiger partial charge in [0.15, 0.2) is 0 Å². The van der Waals surface area contributed by atoms with E-state index >= 15 is 0 Å². The molecule has 0 aliphatic carbocycles. The Balaban J connectivity index is 2.14. The minimum Gasteiger partial charge on any atom is -0.489 e. The lowest BCUT2D eigenvalue weighted by Gasteiger charge is -2.13. The first-order valence-corrected chi connectivity index (χ1v) is 9.81. The summed E-state index contributed by atoms with van der Waals surface area (Å²) in [6.45, 7) is 5.78. The van der Waals surface area contributed by atoms with Gasteiger partial charge in [0.25, 0.3) is 0 Å². The van der Waals surface area contributed by atoms with Gasteiger partial charge in [0.1, 0.15) is 23.3 Å². The first-order valence-electron chi connectivity index (χ1n) is 8.33. The number of aliphatic carboxylic acids is 1. The van der Waals surface area contributed by atoms with Crippen LogP contribution >= 0.6 is 11.6 Å². The van der Waals surface area contributed by atoms with Crippen molar-refractivity contribution in [2.24, 2.45) is 4.40 Å². The smallest absolute Gasteiger partial charge is 0.307 e. The summed E-state index contributed by atoms with van der Waals surface area (Å²) in [5.74, 6) is -0.400. The predicted octanol–water partition coefficient (Wildman–Crippen LogP) is 4.43. The largest absolute Gasteiger partial charge is 0.489 e. The van der Waals surface area contributed by atoms with Gasteiger partial charge in [-0.25, -0.2) is 4.21 Å². The summed E-state index contributed by atoms with van der Waals surface area (Å²) in [6, 6.07) is 12.4. The molecule has 0 aliphatic rings. The van der Waals surface area contributed by atoms with Crippen molar-refractivity contribution in [3.05, 3.63) is 64.2 Å². The molecule has 1 unspecified atom stereocenters. The normalized spacial score (nSPS) is 12.9. The van der Waals surface area contributed by atoms with Crippen molar-refractivity contribution in [2.45, 2.75) is 38.5 Å². The monoisotopic (exact) mass is 407 g/mol. The Kier molecular flexibility index (Phi) is 7.16. The Morgan fingerprint density at radius 1 is 1.26 bits per heavy atom. The second-order valence-electron chi connectivity index (χ2n) is 6.96. The Morgan fingerprint density at radius 3 is 2.63 bits per heavy atom. The van der Waals surface area contributed by atoms with Crippen LogP contribution in [0.2, 0.25) is 5.02 Å². The van der Waals surface area contributed by atoms with E-state index in [-0.39, 0.29) is 13.0 Å². The van der Waals surface area contributed by atoms with Crippen LogP contribution in [0, 0.1) is 0 Å². The maximum atomic E-state index is 12.1. The SMILES string of the molecule is CC(C)(C)S(=O)N=Cc1cc(Cl)cc(COc2ccccc2CC(=O)O)c1. The van der Waals surface area contributed by atoms with Crippen molar-refractivity contribution < 1.29 is 18.8 Å². The average molecular weight is 408 g/mol. The Hall–Kier alpha value is -2.18. The average Bonchev–Trinajstić information content (AvgIpc) is 2.57. The third-order valence-corrected chi connectivity index (χ3v) is 5.07. The molecule has 2 aromatic rings. The number of carboxylic acids is 1. The van der Waals surface area contributed by atoms with E-state index in [2.05, 4.69) is 4.40 Å². The third kappa shape index (κ3) is 6.81. The molecule has 0 heterocycles. The Bertz CT molecular complexity index is 875. The molecule has 0 fully saturated rings. The number of benzene rings is 2. The van der Waals surface area contributed by atoms with Gasteiger partial charge in [0, 0.05) is 16.8 Å². The van der Waals surface area contributed by atoms with Crippen LogP contribution in [0.3, 0.4) is 0 Å². The minimum atomic E-state index is -1.35. The molecule has 144 valence electrons. The highest BCUT2D eigenvalue weighted by Gasteiger charge is 2.18. The van der Waals surface area contributed by atoms with E-state index in [9.17, 15) is 9.00 Å². The van der Waals surface area contributed by atoms with Crippen molar-refractivity contribution in [1.29, 1.82) is 0 Å². The second-order valence-corrected chi connectivity index (χ2v) is 9.33. The molecule has 0 bridgehead atoms. The maximum Gasteiger partial charge on any atom is 0.307 e. The molecule has 1 N–H and O–H groups in total. The molecule has 0 aromatic heterocycles. The van der Waals surface area contributed by atoms with Gasteiger partial charge in [-0.15, -0.1) is 0 Å². The van der Waals surface area contributed by atoms with Gasteiger partial charge in [-0.05, 0) is 56.2 Å². The number of hydrogen-bond acceptors (Lipinski definition) is 3. The highest BCUT2D eigenvalue weighted by molar-refractivity contribution is 7.85. The molecule has 5 nitrogen and oxygen atoms in total. The van der Waals surface area contributed by atoms with E-state index in [0.717, 1.165) is 11.1 Å². The number of carbonyl (C=O) groups is 1. The number of hydrogen-bond donors (Lipinski definition) is 1. The molecule has 27 heavy (non-hydrogen) atoms. The lowest BCUT2D eigenvalue weighted by Crippen LogP contribution is -2.19. The molecule has 7 heteroatoms. The van der Waals surface area contributed by atoms with Gasteiger partial charge < -0.3 is 9.84 Å². The van der Waals surface area contributed by atoms with Crippen molar-refractivity contribution in [1.82, 2.24) is 0 Å². The molecule has 2 rings (SSSR count). The lowest BCUT2D eigenvalue weighted by atomic mass is 10.1. The van der Waals surface area contributed by atoms with Crippen molar-refractivity contribution in [3.8, 4) is 5.75 Å². The Morgan fingerprint density at radius 2 is 1.96 bits per heavy atom. The first-order chi connectivity index (χ1) is 12.6. The van der Waals surface area contributed by atoms with Crippen molar-refractivity contribution in [2.75, 3.05) is 0 Å². The quantitative estimate of drug-likeness (QED) is 0.689. The van der Waals surface area contributed by atoms with Crippen LogP contribution in [0.15, 0.2) is 46.9 Å². The van der Waals surface area contributed by atoms with Gasteiger partial charge in [-0.2, -0.15) is 4.40 Å². The van der Waals surface area contributed by atoms with Crippen molar-refractivity contribution in [3.63, 3.8) is 0 Å². The number of para-hydroxylation sites is 1. The van der Waals surface area contributed by atoms with Crippen LogP contribution < -0.4 is 4.74 Å². The van der Waals surface area contributed by atoms with Gasteiger partial charge in [-0.3, -0.25) is 4.79 Å². The van der Waals surface area contributed by atoms with Gasteiger partial charge >= 0.3 is 5.97 Å². The number of ether oxygens (including phenoxy) is 1. The zero-order valence-electron chi connectivity index (χ0n) is 15.4. The number of nitrogens with zero attached hydrogens (tertiary/aromatic N) is 1. The summed E-state index contributed by atoms with van der Waals surface area (Å²) >= 11 is 6.17. The maximum absolute atomic E-state index is 12.1. The minimum absolute atomic E-state index is 0.109. The topological polar surface area (TPSA) is 76.0 Å². The van der Waals surface area contributed by atoms with Crippen LogP contribution in [0.1, 0.15) is 37.5 Å². The molecule has 0 radical (unpaired) electrons. The van der Waals surface area contributed by atoms with Gasteiger partial charge in [0.05, 0.1) is 11.2 Å². The fraction of sp³-hybridized carbons (Fsp3) is 0.300. The van der Waals surface area contributed by atoms with E-state index in [1.807, 2.05) is 26.8 Å². The molecule has 0 amide bonds. The highest BCUT2D eigenvalue weighted by atomic mass is 35.5. The van der Waals surface area contributed by atoms with Crippen LogP contribution in [0.25, 0.3) is 0 Å². The Labute approximate surface area is 166 Å². The fourth-order valence-electron chi connectivity index (χ4n) is 2.21. The zero-order chi connectivity index (χ0) is 20.0. The van der Waals surface area contributed by atoms with Gasteiger partial charge in [-0.1, -0.05) is 29.8 Å². The summed E-state index contributed by atoms with van der Waals surface area (Å²) in [5, 5.41) is 9.51. The van der Waals surface area contributed by atoms with Crippen LogP contribution in [-0.4, -0.2) is 26.2 Å². The fourth-order valence-corrected chi connectivity index (χ4v) is 3.01. The number of carboxylic acid groups (broad SMARTS) is 1. The molecular weight excluding hydrogens is 386 g/mol. The van der Waals surface area contributed by atoms with Crippen LogP contribution in [0.4, 0.5) is 0 Å². The molecule has 2 aromatic carbocycles. The zero-order valence-corrected chi connectivity index (χ0v) is 17.0. The third-order valence-electron chi connectivity index (χ3n) is 3.51. The predicted molar refractivity (Wildman–Crippen MR) is 109 cm³/mol. The molecular formula is C20H22ClNO4S. The molecule has 0 spiro atoms. The molecule has 0 saturated heterocycles. The standard InChI is InChI=1S/C20H22ClNO4S/c1-20(2,3)27(25)22-12-14-8-15(10-17(21)9-14)13-26-18-7-5-4-6-16(18)11-19(23)24/h4-10,12H,11,13H2,1-3H3,(H,23,24). The number of rotatable bonds is 7. The summed E-state index contributed by atoms with van der Waals surface area (Å²) in [5.41, 5.74) is 2.13. The first kappa shape index (κ1) is 21.1. The van der Waals surface area contributed by atoms with Crippen molar-refractivity contribution >= 4 is 34.8 Å². The molecule has 0 saturated carbocycles. The van der Waals surface area contributed by atoms with Gasteiger partial charge in [0.2, 0.25) is 0 Å². The van der Waals surface area contributed by atoms with E-state index in [0.29, 0.717) is 16.3 Å². The molecule has 0 aliphatic heterocycles. The summed E-state index contributed by atoms with van der Waals surface area (Å²) in [7, 11) is -1.35. The summed E-state index contributed by atoms with van der Waals surface area (Å²) < 4.78 is 21.5. The van der Waals surface area contributed by atoms with Crippen LogP contribution in [-0.2, 0) is 28.8 Å². The lowest BCUT2D eigenvalue weighted by molar-refractivity contribution is -0.136.